The van der Waals surface area contributed by atoms with E-state index in [9.17, 15) is 4.79 Å². The minimum absolute atomic E-state index is 0.0656. The van der Waals surface area contributed by atoms with Crippen molar-refractivity contribution < 1.29 is 9.53 Å². The van der Waals surface area contributed by atoms with Crippen molar-refractivity contribution >= 4 is 5.91 Å². The van der Waals surface area contributed by atoms with E-state index in [4.69, 9.17) is 10.5 Å². The molecule has 0 aromatic heterocycles. The van der Waals surface area contributed by atoms with E-state index >= 15 is 0 Å². The summed E-state index contributed by atoms with van der Waals surface area (Å²) in [5, 5.41) is 0. The number of carbonyl (C=O) groups excluding carboxylic acids is 1. The van der Waals surface area contributed by atoms with E-state index in [0.29, 0.717) is 6.73 Å². The molecule has 1 aliphatic heterocycles. The van der Waals surface area contributed by atoms with Gasteiger partial charge >= 0.3 is 0 Å². The van der Waals surface area contributed by atoms with E-state index in [1.165, 1.54) is 0 Å². The second-order valence-electron chi connectivity index (χ2n) is 5.18. The van der Waals surface area contributed by atoms with Crippen LogP contribution >= 0.6 is 0 Å². The minimum Gasteiger partial charge on any atom is -0.369 e. The summed E-state index contributed by atoms with van der Waals surface area (Å²) < 4.78 is 5.67. The van der Waals surface area contributed by atoms with Gasteiger partial charge in [0.2, 0.25) is 5.91 Å². The highest BCUT2D eigenvalue weighted by atomic mass is 16.5. The molecule has 1 heterocycles. The molecule has 15 heavy (non-hydrogen) atoms. The molecule has 4 heteroatoms. The number of nitrogens with zero attached hydrogens (tertiary/aromatic N) is 1. The third-order valence-electron chi connectivity index (χ3n) is 2.67. The Hall–Kier alpha value is -0.610. The molecule has 1 amide bonds. The molecule has 0 spiro atoms. The van der Waals surface area contributed by atoms with Crippen LogP contribution < -0.4 is 5.73 Å². The Bertz CT molecular complexity index is 215. The first-order valence-corrected chi connectivity index (χ1v) is 5.54. The summed E-state index contributed by atoms with van der Waals surface area (Å²) in [6.07, 6.45) is 1.73. The summed E-state index contributed by atoms with van der Waals surface area (Å²) in [5.41, 5.74) is 5.17. The van der Waals surface area contributed by atoms with Gasteiger partial charge in [-0.15, -0.1) is 0 Å². The average Bonchev–Trinajstić information content (AvgIpc) is 2.14. The molecule has 4 nitrogen and oxygen atoms in total. The molecule has 0 saturated carbocycles. The molecule has 0 radical (unpaired) electrons. The van der Waals surface area contributed by atoms with Gasteiger partial charge in [0.15, 0.2) is 0 Å². The van der Waals surface area contributed by atoms with Gasteiger partial charge in [0.25, 0.3) is 0 Å². The quantitative estimate of drug-likeness (QED) is 0.761. The maximum atomic E-state index is 11.0. The molecule has 0 unspecified atom stereocenters. The van der Waals surface area contributed by atoms with Crippen LogP contribution in [0.5, 0.6) is 0 Å². The lowest BCUT2D eigenvalue weighted by Crippen LogP contribution is -2.41. The molecule has 0 bridgehead atoms. The molecular formula is C11H22N2O2. The van der Waals surface area contributed by atoms with E-state index in [-0.39, 0.29) is 17.4 Å². The largest absolute Gasteiger partial charge is 0.369 e. The number of ether oxygens (including phenoxy) is 1. The van der Waals surface area contributed by atoms with Gasteiger partial charge in [0.1, 0.15) is 0 Å². The Kier molecular flexibility index (Phi) is 4.11. The Balaban J connectivity index is 2.23. The van der Waals surface area contributed by atoms with Gasteiger partial charge in [0, 0.05) is 19.0 Å². The van der Waals surface area contributed by atoms with Crippen molar-refractivity contribution in [3.8, 4) is 0 Å². The van der Waals surface area contributed by atoms with Gasteiger partial charge in [-0.3, -0.25) is 9.69 Å². The highest BCUT2D eigenvalue weighted by Gasteiger charge is 2.23. The molecule has 0 aromatic carbocycles. The van der Waals surface area contributed by atoms with Crippen LogP contribution in [0.1, 0.15) is 33.6 Å². The van der Waals surface area contributed by atoms with Crippen molar-refractivity contribution in [2.45, 2.75) is 39.2 Å². The summed E-state index contributed by atoms with van der Waals surface area (Å²) in [4.78, 5) is 13.2. The predicted octanol–water partition coefficient (Wildman–Crippen LogP) is 0.956. The van der Waals surface area contributed by atoms with Gasteiger partial charge in [-0.2, -0.15) is 0 Å². The molecule has 1 saturated heterocycles. The summed E-state index contributed by atoms with van der Waals surface area (Å²) in [6.45, 7) is 8.60. The fourth-order valence-corrected chi connectivity index (χ4v) is 1.63. The van der Waals surface area contributed by atoms with E-state index in [1.54, 1.807) is 0 Å². The number of rotatable bonds is 3. The van der Waals surface area contributed by atoms with Gasteiger partial charge in [-0.1, -0.05) is 0 Å². The topological polar surface area (TPSA) is 55.6 Å². The molecule has 0 aliphatic carbocycles. The first kappa shape index (κ1) is 12.5. The zero-order chi connectivity index (χ0) is 11.5. The summed E-state index contributed by atoms with van der Waals surface area (Å²) >= 11 is 0. The Morgan fingerprint density at radius 1 is 1.40 bits per heavy atom. The molecule has 0 aromatic rings. The molecule has 1 rings (SSSR count). The molecular weight excluding hydrogens is 192 g/mol. The summed E-state index contributed by atoms with van der Waals surface area (Å²) in [7, 11) is 0. The third-order valence-corrected chi connectivity index (χ3v) is 2.67. The van der Waals surface area contributed by atoms with Crippen LogP contribution in [0.3, 0.4) is 0 Å². The molecule has 88 valence electrons. The number of piperidine rings is 1. The highest BCUT2D eigenvalue weighted by Crippen LogP contribution is 2.17. The normalized spacial score (nSPS) is 20.5. The maximum absolute atomic E-state index is 11.0. The van der Waals surface area contributed by atoms with Gasteiger partial charge in [0.05, 0.1) is 12.3 Å². The summed E-state index contributed by atoms with van der Waals surface area (Å²) in [6, 6.07) is 0. The maximum Gasteiger partial charge on any atom is 0.220 e. The standard InChI is InChI=1S/C11H22N2O2/c1-11(2,3)15-8-13-6-4-9(5-7-13)10(12)14/h9H,4-8H2,1-3H3,(H2,12,14). The van der Waals surface area contributed by atoms with Crippen molar-refractivity contribution in [1.29, 1.82) is 0 Å². The lowest BCUT2D eigenvalue weighted by molar-refractivity contribution is -0.124. The first-order chi connectivity index (χ1) is 6.88. The fraction of sp³-hybridized carbons (Fsp3) is 0.909. The number of carbonyl (C=O) groups is 1. The van der Waals surface area contributed by atoms with Crippen LogP contribution in [0, 0.1) is 5.92 Å². The lowest BCUT2D eigenvalue weighted by Gasteiger charge is -2.32. The first-order valence-electron chi connectivity index (χ1n) is 5.54. The third kappa shape index (κ3) is 4.62. The number of primary amides is 1. The van der Waals surface area contributed by atoms with E-state index in [2.05, 4.69) is 4.90 Å². The number of hydrogen-bond acceptors (Lipinski definition) is 3. The van der Waals surface area contributed by atoms with Gasteiger partial charge in [-0.25, -0.2) is 0 Å². The zero-order valence-corrected chi connectivity index (χ0v) is 9.95. The zero-order valence-electron chi connectivity index (χ0n) is 9.95. The monoisotopic (exact) mass is 214 g/mol. The Morgan fingerprint density at radius 2 is 1.93 bits per heavy atom. The SMILES string of the molecule is CC(C)(C)OCN1CCC(C(N)=O)CC1. The van der Waals surface area contributed by atoms with Crippen LogP contribution in [0.4, 0.5) is 0 Å². The van der Waals surface area contributed by atoms with Crippen molar-refractivity contribution in [2.24, 2.45) is 11.7 Å². The van der Waals surface area contributed by atoms with Crippen LogP contribution in [-0.4, -0.2) is 36.2 Å². The van der Waals surface area contributed by atoms with Crippen LogP contribution in [0.2, 0.25) is 0 Å². The smallest absolute Gasteiger partial charge is 0.220 e. The number of likely N-dealkylation sites (tertiary alicyclic amines) is 1. The van der Waals surface area contributed by atoms with Crippen LogP contribution in [-0.2, 0) is 9.53 Å². The second kappa shape index (κ2) is 4.94. The predicted molar refractivity (Wildman–Crippen MR) is 59.2 cm³/mol. The van der Waals surface area contributed by atoms with Crippen LogP contribution in [0.15, 0.2) is 0 Å². The molecule has 1 fully saturated rings. The average molecular weight is 214 g/mol. The number of amides is 1. The molecule has 2 N–H and O–H groups in total. The van der Waals surface area contributed by atoms with Crippen molar-refractivity contribution in [3.05, 3.63) is 0 Å². The van der Waals surface area contributed by atoms with Gasteiger partial charge < -0.3 is 10.5 Å². The minimum atomic E-state index is -0.161. The number of hydrogen-bond donors (Lipinski definition) is 1. The Morgan fingerprint density at radius 3 is 2.33 bits per heavy atom. The second-order valence-corrected chi connectivity index (χ2v) is 5.18. The Labute approximate surface area is 91.8 Å². The fourth-order valence-electron chi connectivity index (χ4n) is 1.63. The van der Waals surface area contributed by atoms with E-state index in [0.717, 1.165) is 25.9 Å². The van der Waals surface area contributed by atoms with Gasteiger partial charge in [-0.05, 0) is 33.6 Å². The number of nitrogens with two attached hydrogens (primary N) is 1. The van der Waals surface area contributed by atoms with Crippen molar-refractivity contribution in [2.75, 3.05) is 19.8 Å². The summed E-state index contributed by atoms with van der Waals surface area (Å²) in [5.74, 6) is -0.0951. The molecule has 1 aliphatic rings. The molecule has 0 atom stereocenters. The van der Waals surface area contributed by atoms with Crippen molar-refractivity contribution in [3.63, 3.8) is 0 Å². The van der Waals surface area contributed by atoms with E-state index in [1.807, 2.05) is 20.8 Å². The van der Waals surface area contributed by atoms with E-state index < -0.39 is 0 Å². The lowest BCUT2D eigenvalue weighted by atomic mass is 9.97. The van der Waals surface area contributed by atoms with Crippen molar-refractivity contribution in [1.82, 2.24) is 4.90 Å². The van der Waals surface area contributed by atoms with Crippen LogP contribution in [0.25, 0.3) is 0 Å². The highest BCUT2D eigenvalue weighted by molar-refractivity contribution is 5.76.